The van der Waals surface area contributed by atoms with Crippen molar-refractivity contribution in [1.82, 2.24) is 4.31 Å². The minimum Gasteiger partial charge on any atom is -0.497 e. The zero-order chi connectivity index (χ0) is 21.6. The van der Waals surface area contributed by atoms with E-state index in [1.165, 1.54) is 29.6 Å². The average Bonchev–Trinajstić information content (AvgIpc) is 3.07. The van der Waals surface area contributed by atoms with Crippen LogP contribution in [0.5, 0.6) is 11.5 Å². The topological polar surface area (TPSA) is 82.1 Å². The molecule has 1 fully saturated rings. The molecule has 0 spiro atoms. The Labute approximate surface area is 177 Å². The standard InChI is InChI=1S/C22H27NO6S/c1-27-18-9-7-17(8-10-18)16-29-22(24)20-15-19(11-12-21(20)28-2)30(25,26)23-13-5-3-4-6-14-23/h7-12,15H,3-6,13-14,16H2,1-2H3. The third kappa shape index (κ3) is 5.12. The molecule has 1 saturated heterocycles. The van der Waals surface area contributed by atoms with E-state index in [4.69, 9.17) is 14.2 Å². The van der Waals surface area contributed by atoms with Crippen LogP contribution in [0.1, 0.15) is 41.6 Å². The van der Waals surface area contributed by atoms with Gasteiger partial charge in [-0.05, 0) is 48.7 Å². The highest BCUT2D eigenvalue weighted by Crippen LogP contribution is 2.27. The largest absolute Gasteiger partial charge is 0.497 e. The molecule has 7 nitrogen and oxygen atoms in total. The fourth-order valence-corrected chi connectivity index (χ4v) is 4.93. The molecule has 0 saturated carbocycles. The third-order valence-corrected chi connectivity index (χ3v) is 7.02. The van der Waals surface area contributed by atoms with Crippen LogP contribution in [0.3, 0.4) is 0 Å². The third-order valence-electron chi connectivity index (χ3n) is 5.12. The Morgan fingerprint density at radius 1 is 0.933 bits per heavy atom. The smallest absolute Gasteiger partial charge is 0.342 e. The number of esters is 1. The monoisotopic (exact) mass is 433 g/mol. The van der Waals surface area contributed by atoms with Gasteiger partial charge in [0.05, 0.1) is 19.1 Å². The Bertz CT molecular complexity index is 964. The first kappa shape index (κ1) is 22.1. The molecule has 0 atom stereocenters. The zero-order valence-corrected chi connectivity index (χ0v) is 18.1. The fraction of sp³-hybridized carbons (Fsp3) is 0.409. The van der Waals surface area contributed by atoms with Crippen molar-refractivity contribution in [2.24, 2.45) is 0 Å². The number of carbonyl (C=O) groups excluding carboxylic acids is 1. The van der Waals surface area contributed by atoms with Crippen molar-refractivity contribution < 1.29 is 27.4 Å². The van der Waals surface area contributed by atoms with Gasteiger partial charge < -0.3 is 14.2 Å². The van der Waals surface area contributed by atoms with Gasteiger partial charge in [0.15, 0.2) is 0 Å². The van der Waals surface area contributed by atoms with E-state index in [1.54, 1.807) is 31.4 Å². The van der Waals surface area contributed by atoms with Gasteiger partial charge in [-0.15, -0.1) is 0 Å². The minimum atomic E-state index is -3.69. The van der Waals surface area contributed by atoms with Crippen LogP contribution in [0.25, 0.3) is 0 Å². The van der Waals surface area contributed by atoms with E-state index in [0.717, 1.165) is 31.2 Å². The van der Waals surface area contributed by atoms with Crippen molar-refractivity contribution in [3.8, 4) is 11.5 Å². The normalized spacial score (nSPS) is 15.3. The molecule has 0 aromatic heterocycles. The maximum Gasteiger partial charge on any atom is 0.342 e. The Kier molecular flexibility index (Phi) is 7.33. The lowest BCUT2D eigenvalue weighted by atomic mass is 10.2. The second-order valence-electron chi connectivity index (χ2n) is 7.10. The van der Waals surface area contributed by atoms with Gasteiger partial charge in [0.25, 0.3) is 0 Å². The Hall–Kier alpha value is -2.58. The number of carbonyl (C=O) groups is 1. The van der Waals surface area contributed by atoms with Gasteiger partial charge in [-0.1, -0.05) is 25.0 Å². The summed E-state index contributed by atoms with van der Waals surface area (Å²) in [4.78, 5) is 12.8. The number of nitrogens with zero attached hydrogens (tertiary/aromatic N) is 1. The van der Waals surface area contributed by atoms with E-state index in [0.29, 0.717) is 18.8 Å². The number of ether oxygens (including phenoxy) is 3. The van der Waals surface area contributed by atoms with Crippen LogP contribution in [0.2, 0.25) is 0 Å². The maximum absolute atomic E-state index is 13.1. The van der Waals surface area contributed by atoms with Gasteiger partial charge in [0, 0.05) is 13.1 Å². The average molecular weight is 434 g/mol. The van der Waals surface area contributed by atoms with Gasteiger partial charge in [-0.2, -0.15) is 4.31 Å². The second-order valence-corrected chi connectivity index (χ2v) is 9.04. The van der Waals surface area contributed by atoms with Crippen LogP contribution >= 0.6 is 0 Å². The van der Waals surface area contributed by atoms with E-state index in [2.05, 4.69) is 0 Å². The van der Waals surface area contributed by atoms with Crippen LogP contribution in [-0.2, 0) is 21.4 Å². The fourth-order valence-electron chi connectivity index (χ4n) is 3.39. The Balaban J connectivity index is 1.80. The number of hydrogen-bond donors (Lipinski definition) is 0. The van der Waals surface area contributed by atoms with E-state index < -0.39 is 16.0 Å². The molecular formula is C22H27NO6S. The quantitative estimate of drug-likeness (QED) is 0.620. The number of rotatable bonds is 7. The van der Waals surface area contributed by atoms with Crippen LogP contribution < -0.4 is 9.47 Å². The summed E-state index contributed by atoms with van der Waals surface area (Å²) >= 11 is 0. The van der Waals surface area contributed by atoms with Crippen LogP contribution in [-0.4, -0.2) is 46.0 Å². The highest BCUT2D eigenvalue weighted by molar-refractivity contribution is 7.89. The van der Waals surface area contributed by atoms with Crippen molar-refractivity contribution in [3.05, 3.63) is 53.6 Å². The van der Waals surface area contributed by atoms with E-state index in [1.807, 2.05) is 0 Å². The van der Waals surface area contributed by atoms with Gasteiger partial charge in [-0.3, -0.25) is 0 Å². The summed E-state index contributed by atoms with van der Waals surface area (Å²) in [6.07, 6.45) is 3.73. The molecule has 2 aromatic rings. The maximum atomic E-state index is 13.1. The predicted molar refractivity (Wildman–Crippen MR) is 112 cm³/mol. The van der Waals surface area contributed by atoms with E-state index in [9.17, 15) is 13.2 Å². The lowest BCUT2D eigenvalue weighted by Gasteiger charge is -2.20. The van der Waals surface area contributed by atoms with Crippen molar-refractivity contribution in [3.63, 3.8) is 0 Å². The molecule has 1 heterocycles. The molecule has 0 unspecified atom stereocenters. The lowest BCUT2D eigenvalue weighted by molar-refractivity contribution is 0.0468. The summed E-state index contributed by atoms with van der Waals surface area (Å²) < 4.78 is 43.4. The minimum absolute atomic E-state index is 0.0507. The molecule has 3 rings (SSSR count). The number of hydrogen-bond acceptors (Lipinski definition) is 6. The molecule has 0 bridgehead atoms. The summed E-state index contributed by atoms with van der Waals surface area (Å²) in [5.41, 5.74) is 0.873. The lowest BCUT2D eigenvalue weighted by Crippen LogP contribution is -2.32. The van der Waals surface area contributed by atoms with Crippen LogP contribution in [0, 0.1) is 0 Å². The first-order valence-corrected chi connectivity index (χ1v) is 11.4. The summed E-state index contributed by atoms with van der Waals surface area (Å²) in [7, 11) is -0.679. The summed E-state index contributed by atoms with van der Waals surface area (Å²) in [5, 5.41) is 0. The van der Waals surface area contributed by atoms with Crippen LogP contribution in [0.4, 0.5) is 0 Å². The van der Waals surface area contributed by atoms with Crippen molar-refractivity contribution in [2.45, 2.75) is 37.2 Å². The first-order valence-electron chi connectivity index (χ1n) is 9.94. The summed E-state index contributed by atoms with van der Waals surface area (Å²) in [6.45, 7) is 1.03. The van der Waals surface area contributed by atoms with Crippen molar-refractivity contribution >= 4 is 16.0 Å². The summed E-state index contributed by atoms with van der Waals surface area (Å²) in [5.74, 6) is 0.332. The first-order chi connectivity index (χ1) is 14.5. The highest BCUT2D eigenvalue weighted by Gasteiger charge is 2.27. The molecule has 0 amide bonds. The molecule has 162 valence electrons. The van der Waals surface area contributed by atoms with Gasteiger partial charge >= 0.3 is 5.97 Å². The highest BCUT2D eigenvalue weighted by atomic mass is 32.2. The molecular weight excluding hydrogens is 406 g/mol. The molecule has 1 aliphatic heterocycles. The van der Waals surface area contributed by atoms with Crippen molar-refractivity contribution in [2.75, 3.05) is 27.3 Å². The van der Waals surface area contributed by atoms with E-state index in [-0.39, 0.29) is 22.8 Å². The molecule has 8 heteroatoms. The number of sulfonamides is 1. The second kappa shape index (κ2) is 9.95. The molecule has 0 radical (unpaired) electrons. The predicted octanol–water partition coefficient (Wildman–Crippen LogP) is 3.63. The zero-order valence-electron chi connectivity index (χ0n) is 17.3. The van der Waals surface area contributed by atoms with Crippen LogP contribution in [0.15, 0.2) is 47.4 Å². The van der Waals surface area contributed by atoms with Gasteiger partial charge in [0.1, 0.15) is 23.7 Å². The number of benzene rings is 2. The molecule has 0 aliphatic carbocycles. The van der Waals surface area contributed by atoms with E-state index >= 15 is 0 Å². The Morgan fingerprint density at radius 3 is 2.20 bits per heavy atom. The summed E-state index contributed by atoms with van der Waals surface area (Å²) in [6, 6.07) is 11.5. The SMILES string of the molecule is COc1ccc(COC(=O)c2cc(S(=O)(=O)N3CCCCCC3)ccc2OC)cc1. The molecule has 0 N–H and O–H groups in total. The van der Waals surface area contributed by atoms with Gasteiger partial charge in [-0.25, -0.2) is 13.2 Å². The van der Waals surface area contributed by atoms with Crippen molar-refractivity contribution in [1.29, 1.82) is 0 Å². The molecule has 2 aromatic carbocycles. The van der Waals surface area contributed by atoms with Gasteiger partial charge in [0.2, 0.25) is 10.0 Å². The Morgan fingerprint density at radius 2 is 1.60 bits per heavy atom. The molecule has 1 aliphatic rings. The molecule has 30 heavy (non-hydrogen) atoms. The number of methoxy groups -OCH3 is 2.